The highest BCUT2D eigenvalue weighted by Gasteiger charge is 2.22. The van der Waals surface area contributed by atoms with Gasteiger partial charge in [0.15, 0.2) is 0 Å². The van der Waals surface area contributed by atoms with E-state index in [1.54, 1.807) is 11.5 Å². The van der Waals surface area contributed by atoms with Crippen LogP contribution < -0.4 is 0 Å². The molecule has 0 fully saturated rings. The number of rotatable bonds is 5. The van der Waals surface area contributed by atoms with Gasteiger partial charge in [0.1, 0.15) is 0 Å². The van der Waals surface area contributed by atoms with Crippen LogP contribution in [0.4, 0.5) is 0 Å². The molecule has 1 aromatic heterocycles. The van der Waals surface area contributed by atoms with Gasteiger partial charge >= 0.3 is 0 Å². The minimum absolute atomic E-state index is 0.0402. The van der Waals surface area contributed by atoms with E-state index in [4.69, 9.17) is 10.4 Å². The number of aliphatic hydroxyl groups is 2. The Morgan fingerprint density at radius 1 is 1.47 bits per heavy atom. The molecule has 0 radical (unpaired) electrons. The minimum Gasteiger partial charge on any atom is -0.394 e. The largest absolute Gasteiger partial charge is 0.394 e. The molecule has 2 N–H and O–H groups in total. The van der Waals surface area contributed by atoms with Crippen molar-refractivity contribution in [2.45, 2.75) is 25.8 Å². The Balaban J connectivity index is 2.44. The average Bonchev–Trinajstić information content (AvgIpc) is 2.76. The van der Waals surface area contributed by atoms with Gasteiger partial charge in [-0.2, -0.15) is 5.10 Å². The van der Waals surface area contributed by atoms with E-state index in [-0.39, 0.29) is 13.3 Å². The standard InChI is InChI=1S/C13H16BN3O2/c1-14(9-15)8-12(19)13-10-4-2-3-5-11(10)16-17(13)6-7-18/h2-5,12,18-19H,6-8H2,1H3. The smallest absolute Gasteiger partial charge is 0.267 e. The molecule has 1 atom stereocenters. The minimum atomic E-state index is -0.756. The molecule has 1 heterocycles. The molecule has 2 rings (SSSR count). The lowest BCUT2D eigenvalue weighted by atomic mass is 9.50. The van der Waals surface area contributed by atoms with Crippen molar-refractivity contribution in [3.05, 3.63) is 30.0 Å². The molecular weight excluding hydrogens is 241 g/mol. The van der Waals surface area contributed by atoms with E-state index in [0.717, 1.165) is 10.9 Å². The number of fused-ring (bicyclic) bond motifs is 1. The number of hydrogen-bond donors (Lipinski definition) is 2. The zero-order valence-corrected chi connectivity index (χ0v) is 10.8. The average molecular weight is 257 g/mol. The molecule has 19 heavy (non-hydrogen) atoms. The van der Waals surface area contributed by atoms with Crippen LogP contribution in [0.5, 0.6) is 0 Å². The van der Waals surface area contributed by atoms with Crippen molar-refractivity contribution in [3.63, 3.8) is 0 Å². The molecule has 5 nitrogen and oxygen atoms in total. The zero-order valence-electron chi connectivity index (χ0n) is 10.8. The van der Waals surface area contributed by atoms with E-state index < -0.39 is 6.10 Å². The number of nitrogens with zero attached hydrogens (tertiary/aromatic N) is 3. The first-order chi connectivity index (χ1) is 9.17. The Hall–Kier alpha value is -1.84. The van der Waals surface area contributed by atoms with Crippen molar-refractivity contribution in [1.82, 2.24) is 9.78 Å². The second kappa shape index (κ2) is 5.87. The van der Waals surface area contributed by atoms with Crippen LogP contribution >= 0.6 is 0 Å². The molecule has 0 saturated heterocycles. The summed E-state index contributed by atoms with van der Waals surface area (Å²) in [6.07, 6.45) is -0.397. The molecule has 6 heteroatoms. The van der Waals surface area contributed by atoms with Crippen LogP contribution in [0.3, 0.4) is 0 Å². The van der Waals surface area contributed by atoms with Crippen molar-refractivity contribution in [3.8, 4) is 5.97 Å². The molecule has 0 saturated carbocycles. The van der Waals surface area contributed by atoms with E-state index in [1.165, 1.54) is 0 Å². The summed E-state index contributed by atoms with van der Waals surface area (Å²) in [7, 11) is 0. The molecule has 1 aromatic carbocycles. The highest BCUT2D eigenvalue weighted by Crippen LogP contribution is 2.27. The molecule has 0 spiro atoms. The van der Waals surface area contributed by atoms with Gasteiger partial charge in [0.05, 0.1) is 30.5 Å². The Kier molecular flexibility index (Phi) is 4.20. The number of hydrogen-bond acceptors (Lipinski definition) is 4. The van der Waals surface area contributed by atoms with Crippen molar-refractivity contribution in [2.24, 2.45) is 0 Å². The fourth-order valence-electron chi connectivity index (χ4n) is 2.22. The summed E-state index contributed by atoms with van der Waals surface area (Å²) < 4.78 is 1.62. The molecule has 1 unspecified atom stereocenters. The number of aliphatic hydroxyl groups excluding tert-OH is 2. The Bertz CT molecular complexity index is 605. The lowest BCUT2D eigenvalue weighted by Gasteiger charge is -2.13. The predicted molar refractivity (Wildman–Crippen MR) is 73.8 cm³/mol. The van der Waals surface area contributed by atoms with Crippen LogP contribution in [0.1, 0.15) is 11.8 Å². The van der Waals surface area contributed by atoms with Crippen LogP contribution in [-0.4, -0.2) is 33.3 Å². The Morgan fingerprint density at radius 2 is 2.21 bits per heavy atom. The van der Waals surface area contributed by atoms with E-state index >= 15 is 0 Å². The molecule has 2 aromatic rings. The molecular formula is C13H16BN3O2. The Labute approximate surface area is 112 Å². The highest BCUT2D eigenvalue weighted by molar-refractivity contribution is 6.65. The predicted octanol–water partition coefficient (Wildman–Crippen LogP) is 1.25. The lowest BCUT2D eigenvalue weighted by molar-refractivity contribution is 0.182. The van der Waals surface area contributed by atoms with Crippen LogP contribution in [0.25, 0.3) is 10.9 Å². The van der Waals surface area contributed by atoms with Crippen LogP contribution in [0.15, 0.2) is 24.3 Å². The van der Waals surface area contributed by atoms with Gasteiger partial charge < -0.3 is 10.2 Å². The van der Waals surface area contributed by atoms with Crippen molar-refractivity contribution >= 4 is 17.6 Å². The van der Waals surface area contributed by atoms with E-state index in [0.29, 0.717) is 18.6 Å². The van der Waals surface area contributed by atoms with Crippen molar-refractivity contribution in [2.75, 3.05) is 6.61 Å². The summed E-state index contributed by atoms with van der Waals surface area (Å²) >= 11 is 0. The molecule has 98 valence electrons. The van der Waals surface area contributed by atoms with E-state index in [1.807, 2.05) is 24.3 Å². The third-order valence-electron chi connectivity index (χ3n) is 3.11. The van der Waals surface area contributed by atoms with Crippen molar-refractivity contribution in [1.29, 1.82) is 5.26 Å². The van der Waals surface area contributed by atoms with Crippen molar-refractivity contribution < 1.29 is 10.2 Å². The summed E-state index contributed by atoms with van der Waals surface area (Å²) in [5, 5.41) is 33.5. The summed E-state index contributed by atoms with van der Waals surface area (Å²) in [4.78, 5) is 0. The fourth-order valence-corrected chi connectivity index (χ4v) is 2.22. The molecule has 0 amide bonds. The fraction of sp³-hybridized carbons (Fsp3) is 0.385. The first-order valence-corrected chi connectivity index (χ1v) is 6.31. The Morgan fingerprint density at radius 3 is 2.89 bits per heavy atom. The highest BCUT2D eigenvalue weighted by atomic mass is 16.3. The third-order valence-corrected chi connectivity index (χ3v) is 3.11. The quantitative estimate of drug-likeness (QED) is 0.789. The second-order valence-corrected chi connectivity index (χ2v) is 4.63. The maximum Gasteiger partial charge on any atom is 0.267 e. The zero-order chi connectivity index (χ0) is 13.8. The monoisotopic (exact) mass is 257 g/mol. The van der Waals surface area contributed by atoms with Gasteiger partial charge in [-0.1, -0.05) is 25.0 Å². The van der Waals surface area contributed by atoms with Crippen LogP contribution in [-0.2, 0) is 6.54 Å². The summed E-state index contributed by atoms with van der Waals surface area (Å²) in [5.74, 6) is 2.12. The van der Waals surface area contributed by atoms with E-state index in [9.17, 15) is 5.11 Å². The van der Waals surface area contributed by atoms with Crippen LogP contribution in [0.2, 0.25) is 13.1 Å². The van der Waals surface area contributed by atoms with E-state index in [2.05, 4.69) is 11.1 Å². The van der Waals surface area contributed by atoms with Gasteiger partial charge in [0.25, 0.3) is 6.71 Å². The SMILES string of the molecule is CB(C#N)CC(O)c1c2ccccc2nn1CCO. The third kappa shape index (κ3) is 2.78. The number of nitriles is 1. The molecule has 0 aliphatic heterocycles. The summed E-state index contributed by atoms with van der Waals surface area (Å²) in [6.45, 7) is 1.84. The van der Waals surface area contributed by atoms with Gasteiger partial charge in [-0.05, 0) is 12.4 Å². The lowest BCUT2D eigenvalue weighted by Crippen LogP contribution is -2.16. The van der Waals surface area contributed by atoms with Gasteiger partial charge in [-0.25, -0.2) is 5.26 Å². The van der Waals surface area contributed by atoms with Gasteiger partial charge in [-0.3, -0.25) is 4.68 Å². The normalized spacial score (nSPS) is 12.3. The topological polar surface area (TPSA) is 82.1 Å². The first-order valence-electron chi connectivity index (χ1n) is 6.31. The van der Waals surface area contributed by atoms with Crippen LogP contribution in [0, 0.1) is 11.2 Å². The second-order valence-electron chi connectivity index (χ2n) is 4.63. The summed E-state index contributed by atoms with van der Waals surface area (Å²) in [5.41, 5.74) is 1.46. The van der Waals surface area contributed by atoms with Gasteiger partial charge in [-0.15, -0.1) is 0 Å². The van der Waals surface area contributed by atoms with Gasteiger partial charge in [0.2, 0.25) is 0 Å². The maximum absolute atomic E-state index is 10.3. The number of aromatic nitrogens is 2. The molecule has 0 aliphatic rings. The molecule has 0 bridgehead atoms. The first kappa shape index (κ1) is 13.6. The van der Waals surface area contributed by atoms with Gasteiger partial charge in [0, 0.05) is 11.4 Å². The number of benzene rings is 1. The molecule has 0 aliphatic carbocycles. The summed E-state index contributed by atoms with van der Waals surface area (Å²) in [6, 6.07) is 7.53. The maximum atomic E-state index is 10.3.